The minimum atomic E-state index is -0.258. The molecule has 3 heterocycles. The van der Waals surface area contributed by atoms with Crippen molar-refractivity contribution in [3.05, 3.63) is 63.2 Å². The molecule has 4 rings (SSSR count). The summed E-state index contributed by atoms with van der Waals surface area (Å²) in [5.41, 5.74) is 4.27. The first kappa shape index (κ1) is 21.4. The van der Waals surface area contributed by atoms with E-state index in [9.17, 15) is 9.18 Å². The summed E-state index contributed by atoms with van der Waals surface area (Å²) in [6.45, 7) is 5.69. The van der Waals surface area contributed by atoms with Gasteiger partial charge in [0.2, 0.25) is 11.1 Å². The molecular formula is C21H21FN6OS2. The maximum Gasteiger partial charge on any atom is 0.253 e. The van der Waals surface area contributed by atoms with Crippen LogP contribution in [0.15, 0.2) is 29.4 Å². The molecule has 0 bridgehead atoms. The lowest BCUT2D eigenvalue weighted by Crippen LogP contribution is -2.17. The van der Waals surface area contributed by atoms with Gasteiger partial charge in [0.1, 0.15) is 5.82 Å². The Labute approximate surface area is 187 Å². The number of rotatable bonds is 6. The molecule has 0 unspecified atom stereocenters. The van der Waals surface area contributed by atoms with E-state index in [2.05, 4.69) is 25.4 Å². The van der Waals surface area contributed by atoms with Crippen molar-refractivity contribution in [2.24, 2.45) is 0 Å². The average Bonchev–Trinajstić information content (AvgIpc) is 3.30. The van der Waals surface area contributed by atoms with E-state index in [-0.39, 0.29) is 18.1 Å². The van der Waals surface area contributed by atoms with Gasteiger partial charge in [-0.05, 0) is 44.7 Å². The third kappa shape index (κ3) is 4.59. The van der Waals surface area contributed by atoms with Crippen LogP contribution in [-0.4, -0.2) is 36.7 Å². The average molecular weight is 457 g/mol. The van der Waals surface area contributed by atoms with Crippen LogP contribution in [0, 0.1) is 26.6 Å². The van der Waals surface area contributed by atoms with Gasteiger partial charge in [0.25, 0.3) is 5.78 Å². The highest BCUT2D eigenvalue weighted by atomic mass is 32.2. The van der Waals surface area contributed by atoms with Gasteiger partial charge in [-0.25, -0.2) is 18.9 Å². The third-order valence-corrected chi connectivity index (χ3v) is 6.58. The number of nitrogens with one attached hydrogen (secondary N) is 1. The van der Waals surface area contributed by atoms with Crippen LogP contribution < -0.4 is 5.32 Å². The van der Waals surface area contributed by atoms with Gasteiger partial charge < -0.3 is 5.32 Å². The lowest BCUT2D eigenvalue weighted by molar-refractivity contribution is -0.115. The quantitative estimate of drug-likeness (QED) is 0.439. The molecule has 4 aromatic rings. The molecule has 0 aliphatic carbocycles. The van der Waals surface area contributed by atoms with Crippen molar-refractivity contribution in [3.63, 3.8) is 0 Å². The van der Waals surface area contributed by atoms with Gasteiger partial charge in [0.15, 0.2) is 5.13 Å². The number of amides is 1. The van der Waals surface area contributed by atoms with E-state index in [0.717, 1.165) is 33.1 Å². The van der Waals surface area contributed by atoms with E-state index in [0.29, 0.717) is 22.5 Å². The second-order valence-corrected chi connectivity index (χ2v) is 8.98. The summed E-state index contributed by atoms with van der Waals surface area (Å²) in [6, 6.07) is 6.41. The number of aromatic nitrogens is 5. The van der Waals surface area contributed by atoms with Gasteiger partial charge in [-0.3, -0.25) is 4.79 Å². The Hall–Kier alpha value is -2.85. The van der Waals surface area contributed by atoms with Crippen LogP contribution in [0.1, 0.15) is 33.1 Å². The van der Waals surface area contributed by atoms with Gasteiger partial charge in [0, 0.05) is 28.2 Å². The van der Waals surface area contributed by atoms with Crippen molar-refractivity contribution in [2.45, 2.75) is 38.8 Å². The molecule has 0 saturated heterocycles. The lowest BCUT2D eigenvalue weighted by Gasteiger charge is -2.09. The van der Waals surface area contributed by atoms with Crippen LogP contribution >= 0.6 is 23.1 Å². The zero-order chi connectivity index (χ0) is 22.1. The summed E-state index contributed by atoms with van der Waals surface area (Å²) in [7, 11) is 0. The second kappa shape index (κ2) is 8.72. The molecule has 0 atom stereocenters. The number of thiazole rings is 1. The number of nitrogens with zero attached hydrogens (tertiary/aromatic N) is 5. The van der Waals surface area contributed by atoms with Crippen molar-refractivity contribution in [3.8, 4) is 0 Å². The SMILES string of the molecule is CSc1nc2nc(C)c(CC(=O)Nc3nc(C)c(Cc4ccc(F)cc4)s3)c(C)n2n1. The number of anilines is 1. The van der Waals surface area contributed by atoms with Gasteiger partial charge in [-0.2, -0.15) is 4.98 Å². The molecular weight excluding hydrogens is 435 g/mol. The smallest absolute Gasteiger partial charge is 0.253 e. The second-order valence-electron chi connectivity index (χ2n) is 7.13. The first-order valence-electron chi connectivity index (χ1n) is 9.61. The van der Waals surface area contributed by atoms with Crippen molar-refractivity contribution in [1.29, 1.82) is 0 Å². The van der Waals surface area contributed by atoms with Crippen molar-refractivity contribution < 1.29 is 9.18 Å². The lowest BCUT2D eigenvalue weighted by atomic mass is 10.1. The molecule has 0 aliphatic heterocycles. The minimum absolute atomic E-state index is 0.167. The van der Waals surface area contributed by atoms with E-state index in [1.165, 1.54) is 35.2 Å². The summed E-state index contributed by atoms with van der Waals surface area (Å²) >= 11 is 2.88. The number of benzene rings is 1. The highest BCUT2D eigenvalue weighted by Crippen LogP contribution is 2.26. The van der Waals surface area contributed by atoms with Crippen LogP contribution in [0.4, 0.5) is 9.52 Å². The molecule has 160 valence electrons. The number of halogens is 1. The molecule has 0 saturated carbocycles. The maximum atomic E-state index is 13.1. The highest BCUT2D eigenvalue weighted by molar-refractivity contribution is 7.98. The normalized spacial score (nSPS) is 11.3. The Balaban J connectivity index is 1.50. The number of thioether (sulfide) groups is 1. The molecule has 31 heavy (non-hydrogen) atoms. The van der Waals surface area contributed by atoms with Crippen molar-refractivity contribution >= 4 is 39.9 Å². The number of aryl methyl sites for hydroxylation is 3. The fraction of sp³-hybridized carbons (Fsp3) is 0.286. The van der Waals surface area contributed by atoms with Crippen molar-refractivity contribution in [2.75, 3.05) is 11.6 Å². The zero-order valence-corrected chi connectivity index (χ0v) is 19.2. The van der Waals surface area contributed by atoms with E-state index in [1.807, 2.05) is 27.0 Å². The maximum absolute atomic E-state index is 13.1. The molecule has 10 heteroatoms. The topological polar surface area (TPSA) is 85.1 Å². The van der Waals surface area contributed by atoms with Crippen LogP contribution in [0.3, 0.4) is 0 Å². The number of fused-ring (bicyclic) bond motifs is 1. The van der Waals surface area contributed by atoms with Crippen LogP contribution in [-0.2, 0) is 17.6 Å². The molecule has 0 fully saturated rings. The molecule has 0 spiro atoms. The predicted octanol–water partition coefficient (Wildman–Crippen LogP) is 4.14. The summed E-state index contributed by atoms with van der Waals surface area (Å²) in [6.07, 6.45) is 2.72. The Bertz CT molecular complexity index is 1270. The van der Waals surface area contributed by atoms with Gasteiger partial charge in [-0.15, -0.1) is 16.4 Å². The predicted molar refractivity (Wildman–Crippen MR) is 120 cm³/mol. The third-order valence-electron chi connectivity index (χ3n) is 4.97. The Kier molecular flexibility index (Phi) is 6.01. The van der Waals surface area contributed by atoms with Crippen LogP contribution in [0.25, 0.3) is 5.78 Å². The fourth-order valence-corrected chi connectivity index (χ4v) is 4.64. The Morgan fingerprint density at radius 3 is 2.58 bits per heavy atom. The Morgan fingerprint density at radius 1 is 1.13 bits per heavy atom. The number of hydrogen-bond donors (Lipinski definition) is 1. The molecule has 0 radical (unpaired) electrons. The first-order valence-corrected chi connectivity index (χ1v) is 11.7. The summed E-state index contributed by atoms with van der Waals surface area (Å²) in [5.74, 6) is 0.107. The molecule has 1 N–H and O–H groups in total. The van der Waals surface area contributed by atoms with E-state index in [4.69, 9.17) is 0 Å². The molecule has 1 aromatic carbocycles. The standard InChI is InChI=1S/C21H21FN6OS2/c1-11-16(13(3)28-19(23-11)26-21(27-28)30-4)10-18(29)25-20-24-12(2)17(31-20)9-14-5-7-15(22)8-6-14/h5-8H,9-10H2,1-4H3,(H,24,25,29). The number of hydrogen-bond acceptors (Lipinski definition) is 7. The summed E-state index contributed by atoms with van der Waals surface area (Å²) in [5, 5.41) is 8.51. The van der Waals surface area contributed by atoms with E-state index < -0.39 is 0 Å². The van der Waals surface area contributed by atoms with E-state index in [1.54, 1.807) is 16.6 Å². The van der Waals surface area contributed by atoms with Crippen molar-refractivity contribution in [1.82, 2.24) is 24.6 Å². The number of carbonyl (C=O) groups excluding carboxylic acids is 1. The molecule has 7 nitrogen and oxygen atoms in total. The summed E-state index contributed by atoms with van der Waals surface area (Å²) in [4.78, 5) is 27.1. The largest absolute Gasteiger partial charge is 0.302 e. The Morgan fingerprint density at radius 2 is 1.87 bits per heavy atom. The fourth-order valence-electron chi connectivity index (χ4n) is 3.29. The monoisotopic (exact) mass is 456 g/mol. The van der Waals surface area contributed by atoms with Crippen LogP contribution in [0.5, 0.6) is 0 Å². The highest BCUT2D eigenvalue weighted by Gasteiger charge is 2.17. The van der Waals surface area contributed by atoms with Gasteiger partial charge in [0.05, 0.1) is 12.1 Å². The molecule has 1 amide bonds. The zero-order valence-electron chi connectivity index (χ0n) is 17.6. The minimum Gasteiger partial charge on any atom is -0.302 e. The summed E-state index contributed by atoms with van der Waals surface area (Å²) < 4.78 is 14.8. The van der Waals surface area contributed by atoms with Gasteiger partial charge in [-0.1, -0.05) is 23.9 Å². The number of carbonyl (C=O) groups is 1. The van der Waals surface area contributed by atoms with E-state index >= 15 is 0 Å². The molecule has 3 aromatic heterocycles. The van der Waals surface area contributed by atoms with Gasteiger partial charge >= 0.3 is 0 Å². The first-order chi connectivity index (χ1) is 14.8. The molecule has 0 aliphatic rings. The van der Waals surface area contributed by atoms with Crippen LogP contribution in [0.2, 0.25) is 0 Å².